The van der Waals surface area contributed by atoms with Gasteiger partial charge in [0.25, 0.3) is 0 Å². The first-order valence-electron chi connectivity index (χ1n) is 7.89. The molecule has 2 heterocycles. The van der Waals surface area contributed by atoms with Crippen molar-refractivity contribution < 1.29 is 19.0 Å². The maximum atomic E-state index is 12.7. The maximum Gasteiger partial charge on any atom is 0.338 e. The Hall–Kier alpha value is -2.87. The molecule has 8 nitrogen and oxygen atoms in total. The minimum atomic E-state index is -0.464. The summed E-state index contributed by atoms with van der Waals surface area (Å²) in [5.41, 5.74) is 1.93. The van der Waals surface area contributed by atoms with Crippen LogP contribution in [0.25, 0.3) is 0 Å². The number of esters is 1. The van der Waals surface area contributed by atoms with Crippen molar-refractivity contribution in [1.82, 2.24) is 14.8 Å². The van der Waals surface area contributed by atoms with Gasteiger partial charge in [-0.3, -0.25) is 0 Å². The van der Waals surface area contributed by atoms with Crippen LogP contribution in [0.1, 0.15) is 18.5 Å². The zero-order valence-electron chi connectivity index (χ0n) is 14.4. The van der Waals surface area contributed by atoms with Crippen LogP contribution in [-0.2, 0) is 14.3 Å². The Balaban J connectivity index is 2.13. The van der Waals surface area contributed by atoms with Crippen LogP contribution in [0.15, 0.2) is 41.9 Å². The van der Waals surface area contributed by atoms with Gasteiger partial charge in [-0.15, -0.1) is 0 Å². The van der Waals surface area contributed by atoms with E-state index in [0.717, 1.165) is 11.3 Å². The third kappa shape index (κ3) is 3.20. The standard InChI is InChI=1S/C17H20N4O4/c1-4-25-16(22)14-13(9-23-2)20-17-18-10-19-21(17)15(14)11-5-7-12(24-3)8-6-11/h5-8,10,15H,4,9H2,1-3H3,(H,18,19,20). The monoisotopic (exact) mass is 344 g/mol. The number of ether oxygens (including phenoxy) is 3. The molecule has 1 aromatic heterocycles. The van der Waals surface area contributed by atoms with Crippen molar-refractivity contribution in [2.45, 2.75) is 13.0 Å². The Kier molecular flexibility index (Phi) is 4.99. The van der Waals surface area contributed by atoms with Gasteiger partial charge < -0.3 is 19.5 Å². The van der Waals surface area contributed by atoms with Crippen molar-refractivity contribution in [2.75, 3.05) is 32.8 Å². The molecule has 1 aliphatic rings. The Morgan fingerprint density at radius 3 is 2.68 bits per heavy atom. The molecular formula is C17H20N4O4. The molecule has 0 saturated heterocycles. The molecule has 8 heteroatoms. The normalized spacial score (nSPS) is 16.2. The molecule has 1 N–H and O–H groups in total. The van der Waals surface area contributed by atoms with Crippen molar-refractivity contribution in [1.29, 1.82) is 0 Å². The average Bonchev–Trinajstić information content (AvgIpc) is 3.09. The molecule has 1 atom stereocenters. The molecule has 0 radical (unpaired) electrons. The second-order valence-electron chi connectivity index (χ2n) is 5.37. The topological polar surface area (TPSA) is 87.5 Å². The molecule has 0 aliphatic carbocycles. The van der Waals surface area contributed by atoms with Crippen molar-refractivity contribution in [2.24, 2.45) is 0 Å². The number of hydrogen-bond donors (Lipinski definition) is 1. The van der Waals surface area contributed by atoms with Gasteiger partial charge in [0.15, 0.2) is 0 Å². The Labute approximate surface area is 145 Å². The van der Waals surface area contributed by atoms with Gasteiger partial charge in [-0.1, -0.05) is 12.1 Å². The predicted octanol–water partition coefficient (Wildman–Crippen LogP) is 1.77. The number of aromatic nitrogens is 3. The molecule has 3 rings (SSSR count). The van der Waals surface area contributed by atoms with Crippen molar-refractivity contribution in [3.05, 3.63) is 47.4 Å². The summed E-state index contributed by atoms with van der Waals surface area (Å²) in [6, 6.07) is 7.00. The number of carbonyl (C=O) groups is 1. The molecule has 0 fully saturated rings. The zero-order chi connectivity index (χ0) is 17.8. The summed E-state index contributed by atoms with van der Waals surface area (Å²) in [6.07, 6.45) is 1.44. The number of rotatable bonds is 6. The van der Waals surface area contributed by atoms with E-state index in [4.69, 9.17) is 14.2 Å². The lowest BCUT2D eigenvalue weighted by molar-refractivity contribution is -0.139. The van der Waals surface area contributed by atoms with Crippen molar-refractivity contribution in [3.63, 3.8) is 0 Å². The van der Waals surface area contributed by atoms with E-state index < -0.39 is 12.0 Å². The highest BCUT2D eigenvalue weighted by molar-refractivity contribution is 5.92. The molecular weight excluding hydrogens is 324 g/mol. The van der Waals surface area contributed by atoms with E-state index in [9.17, 15) is 4.79 Å². The highest BCUT2D eigenvalue weighted by atomic mass is 16.5. The lowest BCUT2D eigenvalue weighted by atomic mass is 9.95. The molecule has 0 saturated carbocycles. The van der Waals surface area contributed by atoms with Gasteiger partial charge in [-0.2, -0.15) is 10.1 Å². The third-order valence-electron chi connectivity index (χ3n) is 3.89. The Bertz CT molecular complexity index is 782. The average molecular weight is 344 g/mol. The van der Waals surface area contributed by atoms with E-state index in [2.05, 4.69) is 15.4 Å². The van der Waals surface area contributed by atoms with Gasteiger partial charge in [0, 0.05) is 7.11 Å². The van der Waals surface area contributed by atoms with Crippen LogP contribution in [-0.4, -0.2) is 48.2 Å². The summed E-state index contributed by atoms with van der Waals surface area (Å²) in [4.78, 5) is 16.9. The van der Waals surface area contributed by atoms with Crippen LogP contribution in [0.4, 0.5) is 5.95 Å². The van der Waals surface area contributed by atoms with E-state index in [0.29, 0.717) is 17.2 Å². The smallest absolute Gasteiger partial charge is 0.338 e. The second kappa shape index (κ2) is 7.35. The zero-order valence-corrected chi connectivity index (χ0v) is 14.4. The van der Waals surface area contributed by atoms with Crippen LogP contribution in [0, 0.1) is 0 Å². The molecule has 1 aromatic carbocycles. The highest BCUT2D eigenvalue weighted by Gasteiger charge is 2.35. The lowest BCUT2D eigenvalue weighted by Crippen LogP contribution is -2.31. The maximum absolute atomic E-state index is 12.7. The summed E-state index contributed by atoms with van der Waals surface area (Å²) >= 11 is 0. The second-order valence-corrected chi connectivity index (χ2v) is 5.37. The van der Waals surface area contributed by atoms with Crippen LogP contribution in [0.5, 0.6) is 5.75 Å². The van der Waals surface area contributed by atoms with Gasteiger partial charge in [0.05, 0.1) is 31.6 Å². The Morgan fingerprint density at radius 1 is 1.28 bits per heavy atom. The van der Waals surface area contributed by atoms with E-state index in [-0.39, 0.29) is 13.2 Å². The molecule has 2 aromatic rings. The number of benzene rings is 1. The lowest BCUT2D eigenvalue weighted by Gasteiger charge is -2.29. The first kappa shape index (κ1) is 17.0. The largest absolute Gasteiger partial charge is 0.497 e. The minimum absolute atomic E-state index is 0.230. The summed E-state index contributed by atoms with van der Waals surface area (Å²) in [6.45, 7) is 2.28. The minimum Gasteiger partial charge on any atom is -0.497 e. The van der Waals surface area contributed by atoms with E-state index in [1.807, 2.05) is 24.3 Å². The molecule has 0 bridgehead atoms. The van der Waals surface area contributed by atoms with Crippen molar-refractivity contribution >= 4 is 11.9 Å². The van der Waals surface area contributed by atoms with Gasteiger partial charge in [0.2, 0.25) is 5.95 Å². The van der Waals surface area contributed by atoms with E-state index in [1.165, 1.54) is 6.33 Å². The molecule has 1 aliphatic heterocycles. The summed E-state index contributed by atoms with van der Waals surface area (Å²) in [5.74, 6) is 0.861. The predicted molar refractivity (Wildman–Crippen MR) is 90.3 cm³/mol. The van der Waals surface area contributed by atoms with Gasteiger partial charge in [0.1, 0.15) is 18.1 Å². The molecule has 0 amide bonds. The number of methoxy groups -OCH3 is 2. The van der Waals surface area contributed by atoms with Gasteiger partial charge in [-0.05, 0) is 24.6 Å². The molecule has 25 heavy (non-hydrogen) atoms. The fraction of sp³-hybridized carbons (Fsp3) is 0.353. The summed E-state index contributed by atoms with van der Waals surface area (Å²) in [7, 11) is 3.18. The molecule has 1 unspecified atom stereocenters. The Morgan fingerprint density at radius 2 is 2.04 bits per heavy atom. The van der Waals surface area contributed by atoms with Crippen molar-refractivity contribution in [3.8, 4) is 5.75 Å². The summed E-state index contributed by atoms with van der Waals surface area (Å²) in [5, 5.41) is 7.38. The molecule has 0 spiro atoms. The number of anilines is 1. The number of carbonyl (C=O) groups excluding carboxylic acids is 1. The fourth-order valence-corrected chi connectivity index (χ4v) is 2.81. The number of fused-ring (bicyclic) bond motifs is 1. The number of nitrogens with one attached hydrogen (secondary N) is 1. The highest BCUT2D eigenvalue weighted by Crippen LogP contribution is 2.35. The molecule has 132 valence electrons. The van der Waals surface area contributed by atoms with E-state index in [1.54, 1.807) is 25.8 Å². The van der Waals surface area contributed by atoms with Gasteiger partial charge in [-0.25, -0.2) is 9.48 Å². The van der Waals surface area contributed by atoms with Crippen LogP contribution < -0.4 is 10.1 Å². The quantitative estimate of drug-likeness (QED) is 0.799. The number of nitrogens with zero attached hydrogens (tertiary/aromatic N) is 3. The van der Waals surface area contributed by atoms with Crippen LogP contribution in [0.2, 0.25) is 0 Å². The SMILES string of the molecule is CCOC(=O)C1=C(COC)Nc2ncnn2C1c1ccc(OC)cc1. The number of hydrogen-bond acceptors (Lipinski definition) is 7. The summed E-state index contributed by atoms with van der Waals surface area (Å²) < 4.78 is 17.4. The van der Waals surface area contributed by atoms with Gasteiger partial charge >= 0.3 is 5.97 Å². The fourth-order valence-electron chi connectivity index (χ4n) is 2.81. The third-order valence-corrected chi connectivity index (χ3v) is 3.89. The van der Waals surface area contributed by atoms with Crippen LogP contribution >= 0.6 is 0 Å². The first-order chi connectivity index (χ1) is 12.2. The van der Waals surface area contributed by atoms with E-state index >= 15 is 0 Å². The first-order valence-corrected chi connectivity index (χ1v) is 7.89. The van der Waals surface area contributed by atoms with Crippen LogP contribution in [0.3, 0.4) is 0 Å².